The molecule has 0 heterocycles. The van der Waals surface area contributed by atoms with Crippen LogP contribution in [0.3, 0.4) is 0 Å². The van der Waals surface area contributed by atoms with Gasteiger partial charge in [-0.3, -0.25) is 9.69 Å². The van der Waals surface area contributed by atoms with E-state index in [1.54, 1.807) is 0 Å². The summed E-state index contributed by atoms with van der Waals surface area (Å²) in [6.07, 6.45) is 4.65. The third kappa shape index (κ3) is 4.83. The minimum atomic E-state index is -0.773. The van der Waals surface area contributed by atoms with Crippen LogP contribution in [0.1, 0.15) is 38.2 Å². The van der Waals surface area contributed by atoms with Gasteiger partial charge in [-0.25, -0.2) is 0 Å². The molecule has 2 rings (SSSR count). The molecule has 4 nitrogen and oxygen atoms in total. The monoisotopic (exact) mass is 290 g/mol. The molecule has 0 saturated heterocycles. The summed E-state index contributed by atoms with van der Waals surface area (Å²) in [5.74, 6) is -0.773. The van der Waals surface area contributed by atoms with Crippen molar-refractivity contribution in [3.8, 4) is 0 Å². The highest BCUT2D eigenvalue weighted by Gasteiger charge is 2.29. The Morgan fingerprint density at radius 2 is 2.00 bits per heavy atom. The van der Waals surface area contributed by atoms with Gasteiger partial charge in [-0.05, 0) is 24.9 Å². The van der Waals surface area contributed by atoms with Gasteiger partial charge >= 0.3 is 5.97 Å². The van der Waals surface area contributed by atoms with E-state index in [9.17, 15) is 4.79 Å². The molecule has 1 fully saturated rings. The highest BCUT2D eigenvalue weighted by atomic mass is 16.4. The number of aliphatic carboxylic acids is 1. The smallest absolute Gasteiger partial charge is 0.317 e. The highest BCUT2D eigenvalue weighted by molar-refractivity contribution is 5.69. The van der Waals surface area contributed by atoms with Gasteiger partial charge < -0.3 is 10.4 Å². The Bertz CT molecular complexity index is 436. The number of nitrogens with one attached hydrogen (secondary N) is 1. The minimum Gasteiger partial charge on any atom is -0.480 e. The molecule has 0 aromatic heterocycles. The van der Waals surface area contributed by atoms with E-state index in [2.05, 4.69) is 41.4 Å². The van der Waals surface area contributed by atoms with Crippen LogP contribution in [0, 0.1) is 0 Å². The van der Waals surface area contributed by atoms with Crippen LogP contribution in [-0.4, -0.2) is 41.1 Å². The fraction of sp³-hybridized carbons (Fsp3) is 0.588. The van der Waals surface area contributed by atoms with Gasteiger partial charge in [0.1, 0.15) is 0 Å². The van der Waals surface area contributed by atoms with Crippen molar-refractivity contribution in [3.05, 3.63) is 35.9 Å². The second-order valence-corrected chi connectivity index (χ2v) is 5.78. The normalized spacial score (nSPS) is 22.4. The lowest BCUT2D eigenvalue weighted by atomic mass is 9.88. The molecule has 0 aliphatic heterocycles. The predicted octanol–water partition coefficient (Wildman–Crippen LogP) is 2.49. The molecule has 1 saturated carbocycles. The lowest BCUT2D eigenvalue weighted by Crippen LogP contribution is -2.52. The summed E-state index contributed by atoms with van der Waals surface area (Å²) in [6, 6.07) is 11.2. The number of rotatable bonds is 7. The number of likely N-dealkylation sites (N-methyl/N-ethyl adjacent to an activating group) is 1. The molecular formula is C17H26N2O2. The standard InChI is InChI=1S/C17H26N2O2/c1-2-19(13-14-8-4-3-5-9-14)16-11-7-6-10-15(16)18-12-17(20)21/h3-5,8-9,15-16,18H,2,6-7,10-13H2,1H3,(H,20,21)/t15-,16+/m1/s1. The van der Waals surface area contributed by atoms with Gasteiger partial charge in [-0.15, -0.1) is 0 Å². The van der Waals surface area contributed by atoms with E-state index in [0.717, 1.165) is 25.9 Å². The third-order valence-electron chi connectivity index (χ3n) is 4.35. The molecule has 0 unspecified atom stereocenters. The Labute approximate surface area is 127 Å². The summed E-state index contributed by atoms with van der Waals surface area (Å²) in [5, 5.41) is 12.1. The van der Waals surface area contributed by atoms with Gasteiger partial charge in [0.25, 0.3) is 0 Å². The maximum Gasteiger partial charge on any atom is 0.317 e. The number of nitrogens with zero attached hydrogens (tertiary/aromatic N) is 1. The SMILES string of the molecule is CCN(Cc1ccccc1)[C@H]1CCCC[C@H]1NCC(=O)O. The quantitative estimate of drug-likeness (QED) is 0.810. The van der Waals surface area contributed by atoms with E-state index in [-0.39, 0.29) is 6.54 Å². The van der Waals surface area contributed by atoms with Crippen molar-refractivity contribution in [1.82, 2.24) is 10.2 Å². The zero-order valence-corrected chi connectivity index (χ0v) is 12.8. The highest BCUT2D eigenvalue weighted by Crippen LogP contribution is 2.24. The van der Waals surface area contributed by atoms with Crippen LogP contribution >= 0.6 is 0 Å². The van der Waals surface area contributed by atoms with E-state index >= 15 is 0 Å². The molecule has 21 heavy (non-hydrogen) atoms. The van der Waals surface area contributed by atoms with E-state index in [1.807, 2.05) is 6.07 Å². The van der Waals surface area contributed by atoms with Gasteiger partial charge in [0.2, 0.25) is 0 Å². The molecule has 2 N–H and O–H groups in total. The van der Waals surface area contributed by atoms with Crippen molar-refractivity contribution in [3.63, 3.8) is 0 Å². The molecule has 0 amide bonds. The van der Waals surface area contributed by atoms with Gasteiger partial charge in [-0.1, -0.05) is 50.1 Å². The number of carboxylic acids is 1. The van der Waals surface area contributed by atoms with E-state index in [0.29, 0.717) is 12.1 Å². The molecule has 4 heteroatoms. The fourth-order valence-electron chi connectivity index (χ4n) is 3.29. The molecule has 2 atom stereocenters. The van der Waals surface area contributed by atoms with Gasteiger partial charge in [0.15, 0.2) is 0 Å². The first-order chi connectivity index (χ1) is 10.2. The number of hydrogen-bond acceptors (Lipinski definition) is 3. The number of carboxylic acid groups (broad SMARTS) is 1. The Morgan fingerprint density at radius 1 is 1.29 bits per heavy atom. The first-order valence-corrected chi connectivity index (χ1v) is 7.94. The Kier molecular flexibility index (Phi) is 6.21. The predicted molar refractivity (Wildman–Crippen MR) is 84.2 cm³/mol. The van der Waals surface area contributed by atoms with Crippen LogP contribution in [0.2, 0.25) is 0 Å². The summed E-state index contributed by atoms with van der Waals surface area (Å²) < 4.78 is 0. The number of hydrogen-bond donors (Lipinski definition) is 2. The first kappa shape index (κ1) is 16.0. The Morgan fingerprint density at radius 3 is 2.67 bits per heavy atom. The van der Waals surface area contributed by atoms with Crippen LogP contribution in [0.15, 0.2) is 30.3 Å². The second-order valence-electron chi connectivity index (χ2n) is 5.78. The molecule has 116 valence electrons. The molecule has 0 bridgehead atoms. The van der Waals surface area contributed by atoms with Crippen LogP contribution in [0.5, 0.6) is 0 Å². The zero-order valence-electron chi connectivity index (χ0n) is 12.8. The summed E-state index contributed by atoms with van der Waals surface area (Å²) >= 11 is 0. The molecule has 1 aromatic rings. The summed E-state index contributed by atoms with van der Waals surface area (Å²) in [4.78, 5) is 13.3. The first-order valence-electron chi connectivity index (χ1n) is 7.94. The summed E-state index contributed by atoms with van der Waals surface area (Å²) in [5.41, 5.74) is 1.32. The Hall–Kier alpha value is -1.39. The van der Waals surface area contributed by atoms with Crippen molar-refractivity contribution >= 4 is 5.97 Å². The van der Waals surface area contributed by atoms with E-state index in [4.69, 9.17) is 5.11 Å². The molecule has 0 radical (unpaired) electrons. The second kappa shape index (κ2) is 8.15. The van der Waals surface area contributed by atoms with Crippen molar-refractivity contribution in [2.45, 2.75) is 51.2 Å². The van der Waals surface area contributed by atoms with Gasteiger partial charge in [0, 0.05) is 18.6 Å². The third-order valence-corrected chi connectivity index (χ3v) is 4.35. The van der Waals surface area contributed by atoms with Crippen LogP contribution in [0.25, 0.3) is 0 Å². The largest absolute Gasteiger partial charge is 0.480 e. The van der Waals surface area contributed by atoms with Crippen molar-refractivity contribution in [1.29, 1.82) is 0 Å². The maximum atomic E-state index is 10.8. The van der Waals surface area contributed by atoms with E-state index < -0.39 is 5.97 Å². The summed E-state index contributed by atoms with van der Waals surface area (Å²) in [7, 11) is 0. The van der Waals surface area contributed by atoms with E-state index in [1.165, 1.54) is 18.4 Å². The topological polar surface area (TPSA) is 52.6 Å². The molecule has 0 spiro atoms. The van der Waals surface area contributed by atoms with Crippen molar-refractivity contribution in [2.75, 3.05) is 13.1 Å². The maximum absolute atomic E-state index is 10.8. The van der Waals surface area contributed by atoms with Gasteiger partial charge in [-0.2, -0.15) is 0 Å². The molecule has 1 aliphatic carbocycles. The van der Waals surface area contributed by atoms with Crippen molar-refractivity contribution < 1.29 is 9.90 Å². The number of carbonyl (C=O) groups is 1. The van der Waals surface area contributed by atoms with Crippen LogP contribution < -0.4 is 5.32 Å². The average molecular weight is 290 g/mol. The zero-order chi connectivity index (χ0) is 15.1. The molecular weight excluding hydrogens is 264 g/mol. The minimum absolute atomic E-state index is 0.0596. The lowest BCUT2D eigenvalue weighted by Gasteiger charge is -2.40. The Balaban J connectivity index is 2.01. The van der Waals surface area contributed by atoms with Crippen molar-refractivity contribution in [2.24, 2.45) is 0 Å². The summed E-state index contributed by atoms with van der Waals surface area (Å²) in [6.45, 7) is 4.17. The number of benzene rings is 1. The lowest BCUT2D eigenvalue weighted by molar-refractivity contribution is -0.136. The molecule has 1 aromatic carbocycles. The van der Waals surface area contributed by atoms with Gasteiger partial charge in [0.05, 0.1) is 6.54 Å². The fourth-order valence-corrected chi connectivity index (χ4v) is 3.29. The van der Waals surface area contributed by atoms with Crippen LogP contribution in [0.4, 0.5) is 0 Å². The molecule has 1 aliphatic rings. The van der Waals surface area contributed by atoms with Crippen LogP contribution in [-0.2, 0) is 11.3 Å². The average Bonchev–Trinajstić information content (AvgIpc) is 2.52.